The molecule has 0 radical (unpaired) electrons. The number of methoxy groups -OCH3 is 1. The van der Waals surface area contributed by atoms with E-state index >= 15 is 0 Å². The number of rotatable bonds is 6. The molecule has 8 heteroatoms. The van der Waals surface area contributed by atoms with Crippen LogP contribution in [0, 0.1) is 11.3 Å². The number of carbonyl (C=O) groups excluding carboxylic acids is 2. The van der Waals surface area contributed by atoms with Crippen molar-refractivity contribution in [3.8, 4) is 11.8 Å². The van der Waals surface area contributed by atoms with Crippen molar-refractivity contribution < 1.29 is 19.1 Å². The molecule has 0 saturated heterocycles. The molecule has 0 unspecified atom stereocenters. The normalized spacial score (nSPS) is 10.7. The molecule has 1 amide bonds. The molecule has 2 aromatic carbocycles. The van der Waals surface area contributed by atoms with Crippen LogP contribution in [0.4, 0.5) is 5.69 Å². The molecule has 0 atom stereocenters. The van der Waals surface area contributed by atoms with E-state index in [2.05, 4.69) is 26.0 Å². The second-order valence-corrected chi connectivity index (χ2v) is 6.47. The first-order valence-electron chi connectivity index (χ1n) is 7.61. The summed E-state index contributed by atoms with van der Waals surface area (Å²) in [6.07, 6.45) is 1.36. The fraction of sp³-hybridized carbons (Fsp3) is 0.105. The van der Waals surface area contributed by atoms with Crippen LogP contribution in [0.2, 0.25) is 5.02 Å². The Kier molecular flexibility index (Phi) is 7.41. The van der Waals surface area contributed by atoms with Gasteiger partial charge in [-0.1, -0.05) is 39.7 Å². The van der Waals surface area contributed by atoms with Crippen LogP contribution in [0.25, 0.3) is 6.08 Å². The van der Waals surface area contributed by atoms with Gasteiger partial charge in [-0.05, 0) is 36.4 Å². The molecule has 0 bridgehead atoms. The van der Waals surface area contributed by atoms with Gasteiger partial charge in [-0.3, -0.25) is 4.79 Å². The third-order valence-corrected chi connectivity index (χ3v) is 4.15. The lowest BCUT2D eigenvalue weighted by Crippen LogP contribution is -2.14. The Morgan fingerprint density at radius 3 is 2.70 bits per heavy atom. The van der Waals surface area contributed by atoms with Gasteiger partial charge in [-0.2, -0.15) is 5.26 Å². The van der Waals surface area contributed by atoms with Crippen molar-refractivity contribution in [3.05, 3.63) is 63.1 Å². The maximum absolute atomic E-state index is 12.4. The average Bonchev–Trinajstić information content (AvgIpc) is 2.66. The molecule has 0 aliphatic carbocycles. The molecule has 0 saturated carbocycles. The molecule has 0 spiro atoms. The van der Waals surface area contributed by atoms with E-state index in [1.165, 1.54) is 13.2 Å². The molecule has 27 heavy (non-hydrogen) atoms. The zero-order chi connectivity index (χ0) is 19.8. The van der Waals surface area contributed by atoms with Crippen LogP contribution in [0.15, 0.2) is 52.5 Å². The van der Waals surface area contributed by atoms with Crippen molar-refractivity contribution in [2.24, 2.45) is 0 Å². The number of hydrogen-bond acceptors (Lipinski definition) is 5. The molecule has 2 aromatic rings. The van der Waals surface area contributed by atoms with Crippen molar-refractivity contribution >= 4 is 51.2 Å². The average molecular weight is 450 g/mol. The Bertz CT molecular complexity index is 938. The summed E-state index contributed by atoms with van der Waals surface area (Å²) in [6, 6.07) is 13.5. The van der Waals surface area contributed by atoms with Gasteiger partial charge in [-0.25, -0.2) is 4.79 Å². The summed E-state index contributed by atoms with van der Waals surface area (Å²) in [5, 5.41) is 12.3. The third-order valence-electron chi connectivity index (χ3n) is 3.33. The highest BCUT2D eigenvalue weighted by atomic mass is 79.9. The van der Waals surface area contributed by atoms with Gasteiger partial charge in [0.25, 0.3) is 5.91 Å². The van der Waals surface area contributed by atoms with Crippen molar-refractivity contribution in [2.45, 2.75) is 0 Å². The highest BCUT2D eigenvalue weighted by molar-refractivity contribution is 9.10. The lowest BCUT2D eigenvalue weighted by atomic mass is 10.1. The van der Waals surface area contributed by atoms with E-state index in [1.54, 1.807) is 42.5 Å². The van der Waals surface area contributed by atoms with Crippen molar-refractivity contribution in [1.29, 1.82) is 5.26 Å². The summed E-state index contributed by atoms with van der Waals surface area (Å²) in [6.45, 7) is -0.299. The number of nitrogens with one attached hydrogen (secondary N) is 1. The van der Waals surface area contributed by atoms with E-state index in [1.807, 2.05) is 6.07 Å². The maximum Gasteiger partial charge on any atom is 0.343 e. The van der Waals surface area contributed by atoms with Crippen LogP contribution in [0.3, 0.4) is 0 Å². The number of halogens is 2. The number of nitriles is 1. The summed E-state index contributed by atoms with van der Waals surface area (Å²) in [7, 11) is 1.25. The van der Waals surface area contributed by atoms with Crippen LogP contribution in [-0.2, 0) is 14.3 Å². The smallest absolute Gasteiger partial charge is 0.343 e. The quantitative estimate of drug-likeness (QED) is 0.406. The Labute approximate surface area is 169 Å². The van der Waals surface area contributed by atoms with E-state index in [9.17, 15) is 14.9 Å². The molecule has 0 aliphatic heterocycles. The minimum atomic E-state index is -0.621. The Morgan fingerprint density at radius 1 is 1.30 bits per heavy atom. The Morgan fingerprint density at radius 2 is 2.04 bits per heavy atom. The zero-order valence-electron chi connectivity index (χ0n) is 14.2. The van der Waals surface area contributed by atoms with Gasteiger partial charge < -0.3 is 14.8 Å². The number of carbonyl (C=O) groups is 2. The SMILES string of the molecule is COC(=O)COc1ccc(Br)cc1/C=C(\C#N)C(=O)Nc1ccccc1Cl. The van der Waals surface area contributed by atoms with Crippen LogP contribution >= 0.6 is 27.5 Å². The second-order valence-electron chi connectivity index (χ2n) is 5.15. The number of benzene rings is 2. The minimum absolute atomic E-state index is 0.157. The second kappa shape index (κ2) is 9.76. The maximum atomic E-state index is 12.4. The molecule has 2 rings (SSSR count). The molecule has 0 aromatic heterocycles. The van der Waals surface area contributed by atoms with Crippen LogP contribution in [0.5, 0.6) is 5.75 Å². The highest BCUT2D eigenvalue weighted by Crippen LogP contribution is 2.26. The minimum Gasteiger partial charge on any atom is -0.481 e. The fourth-order valence-corrected chi connectivity index (χ4v) is 2.58. The van der Waals surface area contributed by atoms with Crippen LogP contribution in [0.1, 0.15) is 5.56 Å². The molecule has 6 nitrogen and oxygen atoms in total. The lowest BCUT2D eigenvalue weighted by molar-refractivity contribution is -0.142. The summed E-state index contributed by atoms with van der Waals surface area (Å²) < 4.78 is 10.7. The molecule has 0 fully saturated rings. The monoisotopic (exact) mass is 448 g/mol. The number of amides is 1. The van der Waals surface area contributed by atoms with Gasteiger partial charge in [-0.15, -0.1) is 0 Å². The standard InChI is InChI=1S/C19H14BrClN2O4/c1-26-18(24)11-27-17-7-6-14(20)9-12(17)8-13(10-22)19(25)23-16-5-3-2-4-15(16)21/h2-9H,11H2,1H3,(H,23,25)/b13-8+. The summed E-state index contributed by atoms with van der Waals surface area (Å²) in [5.74, 6) is -0.851. The van der Waals surface area contributed by atoms with Crippen molar-refractivity contribution in [2.75, 3.05) is 19.0 Å². The number of nitrogens with zero attached hydrogens (tertiary/aromatic N) is 1. The first-order valence-corrected chi connectivity index (χ1v) is 8.78. The number of hydrogen-bond donors (Lipinski definition) is 1. The first-order chi connectivity index (χ1) is 12.9. The van der Waals surface area contributed by atoms with Gasteiger partial charge in [0.2, 0.25) is 0 Å². The molecular formula is C19H14BrClN2O4. The van der Waals surface area contributed by atoms with Crippen molar-refractivity contribution in [3.63, 3.8) is 0 Å². The Balaban J connectivity index is 2.29. The molecule has 1 N–H and O–H groups in total. The zero-order valence-corrected chi connectivity index (χ0v) is 16.5. The van der Waals surface area contributed by atoms with Crippen molar-refractivity contribution in [1.82, 2.24) is 0 Å². The van der Waals surface area contributed by atoms with E-state index in [0.717, 1.165) is 0 Å². The fourth-order valence-electron chi connectivity index (χ4n) is 2.02. The Hall–Kier alpha value is -2.82. The summed E-state index contributed by atoms with van der Waals surface area (Å²) in [5.41, 5.74) is 0.678. The van der Waals surface area contributed by atoms with E-state index in [-0.39, 0.29) is 12.2 Å². The number of anilines is 1. The third kappa shape index (κ3) is 5.84. The topological polar surface area (TPSA) is 88.4 Å². The molecule has 0 heterocycles. The number of esters is 1. The van der Waals surface area contributed by atoms with Gasteiger partial charge in [0.15, 0.2) is 6.61 Å². The van der Waals surface area contributed by atoms with Gasteiger partial charge in [0, 0.05) is 10.0 Å². The summed E-state index contributed by atoms with van der Waals surface area (Å²) in [4.78, 5) is 23.7. The van der Waals surface area contributed by atoms with Gasteiger partial charge in [0.05, 0.1) is 17.8 Å². The highest BCUT2D eigenvalue weighted by Gasteiger charge is 2.14. The largest absolute Gasteiger partial charge is 0.481 e. The van der Waals surface area contributed by atoms with E-state index in [0.29, 0.717) is 26.5 Å². The number of ether oxygens (including phenoxy) is 2. The van der Waals surface area contributed by atoms with Gasteiger partial charge >= 0.3 is 5.97 Å². The van der Waals surface area contributed by atoms with E-state index < -0.39 is 11.9 Å². The molecular weight excluding hydrogens is 436 g/mol. The predicted molar refractivity (Wildman–Crippen MR) is 105 cm³/mol. The molecule has 138 valence electrons. The molecule has 0 aliphatic rings. The van der Waals surface area contributed by atoms with Crippen LogP contribution < -0.4 is 10.1 Å². The van der Waals surface area contributed by atoms with E-state index in [4.69, 9.17) is 16.3 Å². The predicted octanol–water partition coefficient (Wildman–Crippen LogP) is 4.20. The van der Waals surface area contributed by atoms with Gasteiger partial charge in [0.1, 0.15) is 17.4 Å². The van der Waals surface area contributed by atoms with Crippen LogP contribution in [-0.4, -0.2) is 25.6 Å². The first kappa shape index (κ1) is 20.5. The summed E-state index contributed by atoms with van der Waals surface area (Å²) >= 11 is 9.34. The number of para-hydroxylation sites is 1. The lowest BCUT2D eigenvalue weighted by Gasteiger charge is -2.10.